The van der Waals surface area contributed by atoms with E-state index in [2.05, 4.69) is 10.2 Å². The van der Waals surface area contributed by atoms with E-state index in [4.69, 9.17) is 16.3 Å². The number of benzene rings is 4. The minimum Gasteiger partial charge on any atom is -0.502 e. The van der Waals surface area contributed by atoms with Crippen LogP contribution in [0, 0.1) is 11.6 Å². The number of rotatable bonds is 10. The van der Waals surface area contributed by atoms with E-state index >= 15 is 0 Å². The van der Waals surface area contributed by atoms with Crippen LogP contribution in [0.15, 0.2) is 119 Å². The van der Waals surface area contributed by atoms with Gasteiger partial charge in [-0.1, -0.05) is 60.1 Å². The van der Waals surface area contributed by atoms with Gasteiger partial charge in [-0.15, -0.1) is 0 Å². The number of likely N-dealkylation sites (N-methyl/N-ethyl adjacent to an activating group) is 1. The van der Waals surface area contributed by atoms with Gasteiger partial charge in [-0.3, -0.25) is 28.5 Å². The Balaban J connectivity index is 1.26. The molecule has 2 aromatic heterocycles. The highest BCUT2D eigenvalue weighted by Gasteiger charge is 2.42. The van der Waals surface area contributed by atoms with E-state index in [1.54, 1.807) is 77.4 Å². The minimum atomic E-state index is -0.794. The maximum Gasteiger partial charge on any atom is 0.276 e. The first-order valence-corrected chi connectivity index (χ1v) is 19.8. The van der Waals surface area contributed by atoms with Crippen LogP contribution in [0.3, 0.4) is 0 Å². The molecule has 2 amide bonds. The fraction of sp³-hybridized carbons (Fsp3) is 0.244. The number of carbonyl (C=O) groups is 2. The van der Waals surface area contributed by atoms with Gasteiger partial charge in [-0.05, 0) is 91.6 Å². The molecule has 0 fully saturated rings. The van der Waals surface area contributed by atoms with Crippen molar-refractivity contribution >= 4 is 23.4 Å². The quantitative estimate of drug-likeness (QED) is 0.152. The summed E-state index contributed by atoms with van der Waals surface area (Å²) >= 11 is 6.54. The fourth-order valence-electron chi connectivity index (χ4n) is 8.41. The van der Waals surface area contributed by atoms with Gasteiger partial charge in [0.1, 0.15) is 17.4 Å². The van der Waals surface area contributed by atoms with E-state index in [1.165, 1.54) is 33.6 Å². The van der Waals surface area contributed by atoms with Crippen molar-refractivity contribution < 1.29 is 28.2 Å². The zero-order valence-electron chi connectivity index (χ0n) is 32.7. The molecular formula is C45H39ClF2N6O6. The number of carbonyl (C=O) groups excluding carboxylic acids is 2. The molecule has 306 valence electrons. The maximum absolute atomic E-state index is 14.8. The van der Waals surface area contributed by atoms with Gasteiger partial charge in [-0.2, -0.15) is 10.2 Å². The van der Waals surface area contributed by atoms with Gasteiger partial charge in [0.15, 0.2) is 17.1 Å². The third kappa shape index (κ3) is 7.31. The summed E-state index contributed by atoms with van der Waals surface area (Å²) in [5.74, 6) is -4.22. The molecule has 2 aliphatic heterocycles. The van der Waals surface area contributed by atoms with Gasteiger partial charge < -0.3 is 19.6 Å². The summed E-state index contributed by atoms with van der Waals surface area (Å²) in [5, 5.41) is 20.2. The van der Waals surface area contributed by atoms with Crippen molar-refractivity contribution in [3.05, 3.63) is 180 Å². The van der Waals surface area contributed by atoms with Gasteiger partial charge in [0.2, 0.25) is 16.6 Å². The largest absolute Gasteiger partial charge is 0.502 e. The SMILES string of the molecule is CCN1CC(C(c2cccc(F)c2)c2cccc(F)c2)n2ncc(=O)c(Oc3cccc(C(c4cccc(Cl)c4)C4CN(C(C)C)C(=O)c5c(O)c(=O)cnn54)c3)c2C1=O. The average Bonchev–Trinajstić information content (AvgIpc) is 3.22. The fourth-order valence-corrected chi connectivity index (χ4v) is 8.61. The predicted molar refractivity (Wildman–Crippen MR) is 219 cm³/mol. The Bertz CT molecular complexity index is 2730. The summed E-state index contributed by atoms with van der Waals surface area (Å²) in [7, 11) is 0. The number of nitrogens with zero attached hydrogens (tertiary/aromatic N) is 6. The molecular weight excluding hydrogens is 794 g/mol. The second-order valence-electron chi connectivity index (χ2n) is 15.1. The molecule has 6 aromatic rings. The highest BCUT2D eigenvalue weighted by atomic mass is 35.5. The molecule has 3 unspecified atom stereocenters. The summed E-state index contributed by atoms with van der Waals surface area (Å²) in [6, 6.07) is 24.2. The molecule has 60 heavy (non-hydrogen) atoms. The van der Waals surface area contributed by atoms with Gasteiger partial charge in [0, 0.05) is 42.5 Å². The van der Waals surface area contributed by atoms with Crippen molar-refractivity contribution in [3.8, 4) is 17.2 Å². The smallest absolute Gasteiger partial charge is 0.276 e. The van der Waals surface area contributed by atoms with Crippen LogP contribution >= 0.6 is 11.6 Å². The van der Waals surface area contributed by atoms with Crippen LogP contribution in [0.1, 0.15) is 87.9 Å². The second-order valence-corrected chi connectivity index (χ2v) is 15.5. The summed E-state index contributed by atoms with van der Waals surface area (Å²) in [4.78, 5) is 57.5. The topological polar surface area (TPSA) is 140 Å². The highest BCUT2D eigenvalue weighted by molar-refractivity contribution is 6.30. The van der Waals surface area contributed by atoms with Crippen molar-refractivity contribution in [3.63, 3.8) is 0 Å². The van der Waals surface area contributed by atoms with E-state index in [0.717, 1.165) is 12.4 Å². The number of halogens is 3. The third-order valence-electron chi connectivity index (χ3n) is 11.2. The van der Waals surface area contributed by atoms with Crippen LogP contribution in [0.2, 0.25) is 5.02 Å². The van der Waals surface area contributed by atoms with Crippen molar-refractivity contribution in [2.45, 2.75) is 50.7 Å². The van der Waals surface area contributed by atoms with E-state index in [9.17, 15) is 33.1 Å². The maximum atomic E-state index is 14.8. The molecule has 0 bridgehead atoms. The molecule has 1 N–H and O–H groups in total. The van der Waals surface area contributed by atoms with Crippen molar-refractivity contribution in [1.29, 1.82) is 0 Å². The molecule has 12 nitrogen and oxygen atoms in total. The normalized spacial score (nSPS) is 16.9. The highest BCUT2D eigenvalue weighted by Crippen LogP contribution is 2.43. The first-order chi connectivity index (χ1) is 28.8. The number of aromatic nitrogens is 4. The number of hydrogen-bond donors (Lipinski definition) is 1. The summed E-state index contributed by atoms with van der Waals surface area (Å²) in [6.07, 6.45) is 2.03. The molecule has 0 saturated carbocycles. The molecule has 0 spiro atoms. The standard InChI is InChI=1S/C45H39ClF2N6O6/c1-4-51-23-34(39(27-10-6-14-31(47)18-27)28-11-7-15-32(48)19-28)54-41(44(51)58)43(37(56)22-50-54)60-33-16-8-12-29(20-33)38(26-9-5-13-30(46)17-26)35-24-52(25(2)3)45(59)40-42(57)36(55)21-49-53(35)40/h5-22,25,34-35,38-39,57H,4,23-24H2,1-3H3. The number of aromatic hydroxyl groups is 1. The van der Waals surface area contributed by atoms with Gasteiger partial charge >= 0.3 is 0 Å². The van der Waals surface area contributed by atoms with E-state index in [0.29, 0.717) is 27.3 Å². The van der Waals surface area contributed by atoms with Crippen LogP contribution in [-0.4, -0.2) is 72.0 Å². The Morgan fingerprint density at radius 1 is 0.717 bits per heavy atom. The van der Waals surface area contributed by atoms with Gasteiger partial charge in [0.05, 0.1) is 24.5 Å². The molecule has 4 heterocycles. The lowest BCUT2D eigenvalue weighted by Gasteiger charge is -2.41. The number of fused-ring (bicyclic) bond motifs is 2. The Labute approximate surface area is 347 Å². The lowest BCUT2D eigenvalue weighted by Crippen LogP contribution is -2.49. The molecule has 8 rings (SSSR count). The summed E-state index contributed by atoms with van der Waals surface area (Å²) < 4.78 is 38.8. The van der Waals surface area contributed by atoms with Crippen LogP contribution < -0.4 is 15.6 Å². The minimum absolute atomic E-state index is 0.111. The van der Waals surface area contributed by atoms with Gasteiger partial charge in [-0.25, -0.2) is 8.78 Å². The average molecular weight is 833 g/mol. The molecule has 2 aliphatic rings. The van der Waals surface area contributed by atoms with Crippen molar-refractivity contribution in [2.24, 2.45) is 0 Å². The second kappa shape index (κ2) is 16.2. The van der Waals surface area contributed by atoms with E-state index in [-0.39, 0.29) is 48.6 Å². The third-order valence-corrected chi connectivity index (χ3v) is 11.4. The summed E-state index contributed by atoms with van der Waals surface area (Å²) in [5.41, 5.74) is 0.524. The molecule has 4 aromatic carbocycles. The van der Waals surface area contributed by atoms with Crippen LogP contribution in [0.5, 0.6) is 17.2 Å². The Kier molecular flexibility index (Phi) is 10.8. The first-order valence-electron chi connectivity index (χ1n) is 19.4. The van der Waals surface area contributed by atoms with Crippen molar-refractivity contribution in [1.82, 2.24) is 29.4 Å². The zero-order chi connectivity index (χ0) is 42.4. The Morgan fingerprint density at radius 2 is 1.25 bits per heavy atom. The van der Waals surface area contributed by atoms with Crippen LogP contribution in [0.25, 0.3) is 0 Å². The van der Waals surface area contributed by atoms with Crippen LogP contribution in [0.4, 0.5) is 8.78 Å². The predicted octanol–water partition coefficient (Wildman–Crippen LogP) is 7.32. The number of amides is 2. The molecule has 0 radical (unpaired) electrons. The number of hydrogen-bond acceptors (Lipinski definition) is 8. The van der Waals surface area contributed by atoms with E-state index in [1.807, 2.05) is 26.0 Å². The first kappa shape index (κ1) is 40.1. The van der Waals surface area contributed by atoms with Gasteiger partial charge in [0.25, 0.3) is 11.8 Å². The van der Waals surface area contributed by atoms with Crippen LogP contribution in [-0.2, 0) is 0 Å². The summed E-state index contributed by atoms with van der Waals surface area (Å²) in [6.45, 7) is 5.95. The molecule has 3 atom stereocenters. The molecule has 0 saturated heterocycles. The Hall–Kier alpha value is -6.67. The monoisotopic (exact) mass is 832 g/mol. The lowest BCUT2D eigenvalue weighted by atomic mass is 9.83. The van der Waals surface area contributed by atoms with Crippen molar-refractivity contribution in [2.75, 3.05) is 19.6 Å². The number of ether oxygens (including phenoxy) is 1. The molecule has 0 aliphatic carbocycles. The lowest BCUT2D eigenvalue weighted by molar-refractivity contribution is 0.0569. The molecule has 15 heteroatoms. The zero-order valence-corrected chi connectivity index (χ0v) is 33.5. The van der Waals surface area contributed by atoms with E-state index < -0.39 is 64.0 Å². The Morgan fingerprint density at radius 3 is 1.83 bits per heavy atom.